The first-order valence-electron chi connectivity index (χ1n) is 10.5. The van der Waals surface area contributed by atoms with Crippen LogP contribution in [0.2, 0.25) is 0 Å². The average molecular weight is 441 g/mol. The second-order valence-corrected chi connectivity index (χ2v) is 8.09. The van der Waals surface area contributed by atoms with Crippen molar-refractivity contribution in [2.24, 2.45) is 0 Å². The summed E-state index contributed by atoms with van der Waals surface area (Å²) in [6.45, 7) is 1.58. The number of carbonyl (C=O) groups excluding carboxylic acids is 1. The largest absolute Gasteiger partial charge is 0.494 e. The smallest absolute Gasteiger partial charge is 0.337 e. The number of esters is 1. The molecule has 1 aromatic heterocycles. The molecule has 0 unspecified atom stereocenters. The van der Waals surface area contributed by atoms with Gasteiger partial charge in [0, 0.05) is 24.8 Å². The number of ether oxygens (including phenoxy) is 3. The van der Waals surface area contributed by atoms with Gasteiger partial charge < -0.3 is 14.2 Å². The van der Waals surface area contributed by atoms with E-state index in [4.69, 9.17) is 14.2 Å². The van der Waals surface area contributed by atoms with Gasteiger partial charge in [-0.15, -0.1) is 10.2 Å². The van der Waals surface area contributed by atoms with Crippen molar-refractivity contribution in [2.45, 2.75) is 32.1 Å². The third-order valence-electron chi connectivity index (χ3n) is 4.84. The van der Waals surface area contributed by atoms with E-state index in [2.05, 4.69) is 10.2 Å². The van der Waals surface area contributed by atoms with Crippen LogP contribution in [0.4, 0.5) is 0 Å². The van der Waals surface area contributed by atoms with Crippen LogP contribution in [-0.4, -0.2) is 43.6 Å². The van der Waals surface area contributed by atoms with Crippen molar-refractivity contribution in [3.8, 4) is 26.9 Å². The topological polar surface area (TPSA) is 70.5 Å². The number of aromatic nitrogens is 2. The third kappa shape index (κ3) is 6.87. The van der Waals surface area contributed by atoms with E-state index in [1.807, 2.05) is 36.4 Å². The van der Waals surface area contributed by atoms with Gasteiger partial charge in [0.15, 0.2) is 0 Å². The number of methoxy groups -OCH3 is 2. The summed E-state index contributed by atoms with van der Waals surface area (Å²) in [5.41, 5.74) is 2.43. The molecule has 31 heavy (non-hydrogen) atoms. The predicted molar refractivity (Wildman–Crippen MR) is 123 cm³/mol. The van der Waals surface area contributed by atoms with Crippen LogP contribution in [0.5, 0.6) is 5.75 Å². The van der Waals surface area contributed by atoms with E-state index in [0.29, 0.717) is 5.56 Å². The van der Waals surface area contributed by atoms with Gasteiger partial charge in [-0.1, -0.05) is 42.7 Å². The van der Waals surface area contributed by atoms with E-state index in [0.717, 1.165) is 52.9 Å². The van der Waals surface area contributed by atoms with Crippen LogP contribution >= 0.6 is 11.3 Å². The Kier molecular flexibility index (Phi) is 8.99. The molecule has 0 saturated heterocycles. The van der Waals surface area contributed by atoms with E-state index in [1.54, 1.807) is 19.2 Å². The molecule has 0 fully saturated rings. The van der Waals surface area contributed by atoms with E-state index in [9.17, 15) is 4.79 Å². The van der Waals surface area contributed by atoms with Crippen molar-refractivity contribution in [1.82, 2.24) is 10.2 Å². The fraction of sp³-hybridized carbons (Fsp3) is 0.375. The minimum absolute atomic E-state index is 0.353. The fourth-order valence-electron chi connectivity index (χ4n) is 3.09. The van der Waals surface area contributed by atoms with Crippen molar-refractivity contribution in [1.29, 1.82) is 0 Å². The van der Waals surface area contributed by atoms with Crippen LogP contribution < -0.4 is 4.74 Å². The Labute approximate surface area is 187 Å². The van der Waals surface area contributed by atoms with E-state index in [-0.39, 0.29) is 5.97 Å². The predicted octanol–water partition coefficient (Wildman–Crippen LogP) is 5.63. The summed E-state index contributed by atoms with van der Waals surface area (Å²) in [6, 6.07) is 15.1. The van der Waals surface area contributed by atoms with Gasteiger partial charge in [-0.25, -0.2) is 4.79 Å². The van der Waals surface area contributed by atoms with Gasteiger partial charge in [0.25, 0.3) is 0 Å². The zero-order valence-corrected chi connectivity index (χ0v) is 18.8. The van der Waals surface area contributed by atoms with Crippen molar-refractivity contribution in [3.63, 3.8) is 0 Å². The lowest BCUT2D eigenvalue weighted by atomic mass is 10.1. The Hall–Kier alpha value is -2.77. The van der Waals surface area contributed by atoms with Gasteiger partial charge >= 0.3 is 5.97 Å². The summed E-state index contributed by atoms with van der Waals surface area (Å²) in [6.07, 6.45) is 5.79. The Balaban J connectivity index is 1.49. The Bertz CT molecular complexity index is 939. The zero-order valence-electron chi connectivity index (χ0n) is 18.0. The number of unbranched alkanes of at least 4 members (excludes halogenated alkanes) is 4. The van der Waals surface area contributed by atoms with Crippen molar-refractivity contribution < 1.29 is 19.0 Å². The standard InChI is InChI=1S/C24H28N2O4S/c1-28-16-6-4-3-5-7-17-30-21-14-12-19(13-15-21)23-26-25-22(31-23)18-8-10-20(11-9-18)24(27)29-2/h8-15H,3-7,16-17H2,1-2H3. The van der Waals surface area contributed by atoms with Crippen LogP contribution in [0.3, 0.4) is 0 Å². The van der Waals surface area contributed by atoms with Gasteiger partial charge in [-0.2, -0.15) is 0 Å². The molecule has 0 aliphatic heterocycles. The molecule has 3 rings (SSSR count). The summed E-state index contributed by atoms with van der Waals surface area (Å²) in [7, 11) is 3.12. The number of nitrogens with zero attached hydrogens (tertiary/aromatic N) is 2. The molecule has 0 spiro atoms. The molecular weight excluding hydrogens is 412 g/mol. The molecule has 7 heteroatoms. The maximum Gasteiger partial charge on any atom is 0.337 e. The highest BCUT2D eigenvalue weighted by Gasteiger charge is 2.11. The number of benzene rings is 2. The highest BCUT2D eigenvalue weighted by Crippen LogP contribution is 2.31. The third-order valence-corrected chi connectivity index (χ3v) is 5.86. The monoisotopic (exact) mass is 440 g/mol. The molecule has 1 heterocycles. The summed E-state index contributed by atoms with van der Waals surface area (Å²) in [5, 5.41) is 10.2. The number of rotatable bonds is 12. The van der Waals surface area contributed by atoms with Gasteiger partial charge in [0.2, 0.25) is 0 Å². The van der Waals surface area contributed by atoms with Crippen LogP contribution in [-0.2, 0) is 9.47 Å². The van der Waals surface area contributed by atoms with Crippen molar-refractivity contribution >= 4 is 17.3 Å². The molecule has 0 saturated carbocycles. The van der Waals surface area contributed by atoms with E-state index < -0.39 is 0 Å². The zero-order chi connectivity index (χ0) is 21.9. The quantitative estimate of drug-likeness (QED) is 0.268. The van der Waals surface area contributed by atoms with Gasteiger partial charge in [-0.3, -0.25) is 0 Å². The second-order valence-electron chi connectivity index (χ2n) is 7.11. The number of carbonyl (C=O) groups is 1. The van der Waals surface area contributed by atoms with Gasteiger partial charge in [-0.05, 0) is 49.2 Å². The van der Waals surface area contributed by atoms with Crippen LogP contribution in [0.15, 0.2) is 48.5 Å². The second kappa shape index (κ2) is 12.2. The molecule has 0 aliphatic carbocycles. The lowest BCUT2D eigenvalue weighted by Crippen LogP contribution is -2.00. The molecular formula is C24H28N2O4S. The van der Waals surface area contributed by atoms with Crippen molar-refractivity contribution in [2.75, 3.05) is 27.4 Å². The average Bonchev–Trinajstić information content (AvgIpc) is 3.31. The summed E-state index contributed by atoms with van der Waals surface area (Å²) >= 11 is 1.51. The molecule has 0 atom stereocenters. The van der Waals surface area contributed by atoms with Gasteiger partial charge in [0.05, 0.1) is 19.3 Å². The minimum atomic E-state index is -0.353. The van der Waals surface area contributed by atoms with E-state index >= 15 is 0 Å². The molecule has 0 bridgehead atoms. The molecule has 0 amide bonds. The molecule has 3 aromatic rings. The highest BCUT2D eigenvalue weighted by molar-refractivity contribution is 7.17. The maximum absolute atomic E-state index is 11.6. The molecule has 0 radical (unpaired) electrons. The molecule has 0 N–H and O–H groups in total. The Morgan fingerprint density at radius 1 is 0.774 bits per heavy atom. The van der Waals surface area contributed by atoms with Crippen LogP contribution in [0.1, 0.15) is 42.5 Å². The normalized spacial score (nSPS) is 10.8. The SMILES string of the molecule is COCCCCCCCOc1ccc(-c2nnc(-c3ccc(C(=O)OC)cc3)s2)cc1. The molecule has 6 nitrogen and oxygen atoms in total. The van der Waals surface area contributed by atoms with Crippen molar-refractivity contribution in [3.05, 3.63) is 54.1 Å². The molecule has 164 valence electrons. The lowest BCUT2D eigenvalue weighted by molar-refractivity contribution is 0.0600. The Morgan fingerprint density at radius 2 is 1.32 bits per heavy atom. The highest BCUT2D eigenvalue weighted by atomic mass is 32.1. The summed E-state index contributed by atoms with van der Waals surface area (Å²) in [4.78, 5) is 11.6. The lowest BCUT2D eigenvalue weighted by Gasteiger charge is -2.06. The van der Waals surface area contributed by atoms with Crippen LogP contribution in [0.25, 0.3) is 21.1 Å². The summed E-state index contributed by atoms with van der Waals surface area (Å²) < 4.78 is 15.6. The maximum atomic E-state index is 11.6. The molecule has 0 aliphatic rings. The number of hydrogen-bond donors (Lipinski definition) is 0. The van der Waals surface area contributed by atoms with Gasteiger partial charge in [0.1, 0.15) is 15.8 Å². The first-order chi connectivity index (χ1) is 15.2. The first kappa shape index (κ1) is 22.9. The number of hydrogen-bond acceptors (Lipinski definition) is 7. The van der Waals surface area contributed by atoms with E-state index in [1.165, 1.54) is 37.7 Å². The minimum Gasteiger partial charge on any atom is -0.494 e. The Morgan fingerprint density at radius 3 is 1.90 bits per heavy atom. The molecule has 2 aromatic carbocycles. The fourth-order valence-corrected chi connectivity index (χ4v) is 3.94. The van der Waals surface area contributed by atoms with Crippen LogP contribution in [0, 0.1) is 0 Å². The first-order valence-corrected chi connectivity index (χ1v) is 11.3. The summed E-state index contributed by atoms with van der Waals surface area (Å²) in [5.74, 6) is 0.514.